The van der Waals surface area contributed by atoms with Gasteiger partial charge in [0.1, 0.15) is 6.23 Å². The van der Waals surface area contributed by atoms with Crippen molar-refractivity contribution in [2.24, 2.45) is 11.3 Å². The zero-order valence-corrected chi connectivity index (χ0v) is 37.1. The largest absolute Gasteiger partial charge is 0.459 e. The average molecular weight is 864 g/mol. The number of carbonyl (C=O) groups excluding carboxylic acids is 3. The number of benzene rings is 1. The average Bonchev–Trinajstić information content (AvgIpc) is 3.49. The Morgan fingerprint density at radius 1 is 0.885 bits per heavy atom. The number of rotatable bonds is 22. The molecule has 0 N–H and O–H groups in total. The third kappa shape index (κ3) is 9.60. The second-order valence-corrected chi connectivity index (χ2v) is 18.4. The van der Waals surface area contributed by atoms with Gasteiger partial charge in [-0.1, -0.05) is 129 Å². The molecule has 332 valence electrons. The van der Waals surface area contributed by atoms with Crippen LogP contribution in [0.1, 0.15) is 165 Å². The van der Waals surface area contributed by atoms with Crippen LogP contribution < -0.4 is 16.0 Å². The van der Waals surface area contributed by atoms with Gasteiger partial charge in [-0.25, -0.2) is 9.78 Å². The SMILES string of the molecule is CCCCCCCCCCCCCCCCCC(=O)OC1C(Cl)C2C(C)(C)C2(c2cccc(C(=O)n3c(=O)c(F)cn(C4CCCO4)c3=O)c2)C(=O)C1(C)Oc1ccccn1. The Kier molecular flexibility index (Phi) is 15.5. The van der Waals surface area contributed by atoms with E-state index in [-0.39, 0.29) is 22.4 Å². The van der Waals surface area contributed by atoms with Crippen molar-refractivity contribution in [3.05, 3.63) is 92.6 Å². The van der Waals surface area contributed by atoms with Gasteiger partial charge in [-0.3, -0.25) is 23.7 Å². The number of hydrogen-bond donors (Lipinski definition) is 0. The van der Waals surface area contributed by atoms with Crippen LogP contribution in [-0.4, -0.2) is 55.5 Å². The van der Waals surface area contributed by atoms with Gasteiger partial charge in [-0.2, -0.15) is 8.96 Å². The van der Waals surface area contributed by atoms with Crippen molar-refractivity contribution in [1.82, 2.24) is 14.1 Å². The van der Waals surface area contributed by atoms with Crippen molar-refractivity contribution in [2.45, 2.75) is 172 Å². The summed E-state index contributed by atoms with van der Waals surface area (Å²) in [5.41, 5.74) is -6.13. The summed E-state index contributed by atoms with van der Waals surface area (Å²) < 4.78 is 34.3. The summed E-state index contributed by atoms with van der Waals surface area (Å²) in [6.07, 6.45) is 19.6. The monoisotopic (exact) mass is 863 g/mol. The van der Waals surface area contributed by atoms with Gasteiger partial charge >= 0.3 is 11.7 Å². The van der Waals surface area contributed by atoms with Crippen molar-refractivity contribution >= 4 is 29.3 Å². The summed E-state index contributed by atoms with van der Waals surface area (Å²) in [5, 5.41) is -0.907. The molecule has 1 aromatic carbocycles. The summed E-state index contributed by atoms with van der Waals surface area (Å²) in [5.74, 6) is -3.67. The highest BCUT2D eigenvalue weighted by atomic mass is 35.5. The third-order valence-electron chi connectivity index (χ3n) is 13.4. The molecule has 61 heavy (non-hydrogen) atoms. The van der Waals surface area contributed by atoms with Gasteiger partial charge in [0.25, 0.3) is 11.5 Å². The van der Waals surface area contributed by atoms with E-state index in [4.69, 9.17) is 25.8 Å². The number of fused-ring (bicyclic) bond motifs is 1. The summed E-state index contributed by atoms with van der Waals surface area (Å²) in [4.78, 5) is 73.6. The highest BCUT2D eigenvalue weighted by molar-refractivity contribution is 6.24. The lowest BCUT2D eigenvalue weighted by Crippen LogP contribution is -2.64. The Balaban J connectivity index is 1.14. The molecule has 3 fully saturated rings. The molecule has 0 amide bonds. The Bertz CT molecular complexity index is 2120. The minimum Gasteiger partial charge on any atom is -0.459 e. The fraction of sp³-hybridized carbons (Fsp3) is 0.625. The van der Waals surface area contributed by atoms with E-state index in [0.717, 1.165) is 30.0 Å². The number of alkyl halides is 1. The van der Waals surface area contributed by atoms with E-state index in [2.05, 4.69) is 11.9 Å². The highest BCUT2D eigenvalue weighted by Gasteiger charge is 2.85. The summed E-state index contributed by atoms with van der Waals surface area (Å²) in [7, 11) is 0. The number of carbonyl (C=O) groups is 3. The van der Waals surface area contributed by atoms with Gasteiger partial charge in [0.05, 0.1) is 17.0 Å². The number of esters is 1. The maximum atomic E-state index is 15.3. The number of aromatic nitrogens is 3. The number of Topliss-reactive ketones (excluding diaryl/α,β-unsaturated/α-hetero) is 1. The van der Waals surface area contributed by atoms with Crippen molar-refractivity contribution in [2.75, 3.05) is 6.61 Å². The summed E-state index contributed by atoms with van der Waals surface area (Å²) in [6, 6.07) is 11.1. The molecule has 0 bridgehead atoms. The van der Waals surface area contributed by atoms with E-state index in [1.165, 1.54) is 89.0 Å². The minimum atomic E-state index is -1.82. The molecule has 2 aliphatic carbocycles. The van der Waals surface area contributed by atoms with Crippen molar-refractivity contribution in [3.8, 4) is 5.88 Å². The molecular formula is C48H63ClFN3O8. The fourth-order valence-corrected chi connectivity index (χ4v) is 10.8. The number of unbranched alkanes of at least 4 members (excludes halogenated alkanes) is 14. The van der Waals surface area contributed by atoms with Crippen LogP contribution in [0.15, 0.2) is 64.4 Å². The van der Waals surface area contributed by atoms with Crippen LogP contribution in [0, 0.1) is 17.2 Å². The first-order valence-corrected chi connectivity index (χ1v) is 23.0. The van der Waals surface area contributed by atoms with E-state index < -0.39 is 74.8 Å². The molecule has 2 aromatic heterocycles. The summed E-state index contributed by atoms with van der Waals surface area (Å²) >= 11 is 7.35. The molecule has 13 heteroatoms. The van der Waals surface area contributed by atoms with Gasteiger partial charge in [-0.05, 0) is 55.4 Å². The molecule has 6 rings (SSSR count). The van der Waals surface area contributed by atoms with Gasteiger partial charge < -0.3 is 14.2 Å². The van der Waals surface area contributed by atoms with Crippen molar-refractivity contribution < 1.29 is 33.0 Å². The number of halogens is 2. The zero-order valence-electron chi connectivity index (χ0n) is 36.3. The van der Waals surface area contributed by atoms with Crippen molar-refractivity contribution in [3.63, 3.8) is 0 Å². The van der Waals surface area contributed by atoms with Crippen LogP contribution in [-0.2, 0) is 24.5 Å². The fourth-order valence-electron chi connectivity index (χ4n) is 10.0. The molecule has 3 heterocycles. The Hall–Kier alpha value is -4.16. The van der Waals surface area contributed by atoms with Gasteiger partial charge in [0, 0.05) is 36.8 Å². The lowest BCUT2D eigenvalue weighted by molar-refractivity contribution is -0.172. The topological polar surface area (TPSA) is 136 Å². The second-order valence-electron chi connectivity index (χ2n) is 17.9. The van der Waals surface area contributed by atoms with Crippen LogP contribution in [0.4, 0.5) is 4.39 Å². The van der Waals surface area contributed by atoms with Crippen LogP contribution in [0.2, 0.25) is 0 Å². The molecule has 2 saturated carbocycles. The number of nitrogens with zero attached hydrogens (tertiary/aromatic N) is 3. The highest BCUT2D eigenvalue weighted by Crippen LogP contribution is 2.76. The first kappa shape index (κ1) is 46.3. The lowest BCUT2D eigenvalue weighted by Gasteiger charge is -2.44. The van der Waals surface area contributed by atoms with E-state index in [9.17, 15) is 23.6 Å². The second kappa shape index (κ2) is 20.4. The zero-order chi connectivity index (χ0) is 43.8. The van der Waals surface area contributed by atoms with Gasteiger partial charge in [0.2, 0.25) is 17.3 Å². The Labute approximate surface area is 363 Å². The number of ether oxygens (including phenoxy) is 3. The normalized spacial score (nSPS) is 25.2. The Morgan fingerprint density at radius 3 is 2.11 bits per heavy atom. The standard InChI is InChI=1S/C48H63ClFN3O8/c1-5-6-7-8-9-10-11-12-13-14-15-16-17-18-19-28-38(54)60-41-39(49)40-46(2,3)48(40,44(57)47(41,4)61-36-26-20-21-29-51-36)34-25-22-24-33(31-34)42(55)53-43(56)35(50)32-52(45(53)58)37-27-23-30-59-37/h20-22,24-26,29,31-32,37,39-41H,5-19,23,27-28,30H2,1-4H3. The molecule has 3 aromatic rings. The van der Waals surface area contributed by atoms with Crippen LogP contribution >= 0.6 is 11.6 Å². The molecule has 0 spiro atoms. The molecule has 6 unspecified atom stereocenters. The number of pyridine rings is 1. The molecule has 6 atom stereocenters. The van der Waals surface area contributed by atoms with Crippen LogP contribution in [0.3, 0.4) is 0 Å². The molecule has 0 radical (unpaired) electrons. The van der Waals surface area contributed by atoms with E-state index in [1.54, 1.807) is 37.3 Å². The van der Waals surface area contributed by atoms with Crippen molar-refractivity contribution in [1.29, 1.82) is 0 Å². The predicted molar refractivity (Wildman–Crippen MR) is 232 cm³/mol. The maximum Gasteiger partial charge on any atom is 0.340 e. The molecular weight excluding hydrogens is 801 g/mol. The first-order chi connectivity index (χ1) is 29.3. The number of hydrogen-bond acceptors (Lipinski definition) is 9. The van der Waals surface area contributed by atoms with E-state index in [0.29, 0.717) is 31.4 Å². The quantitative estimate of drug-likeness (QED) is 0.0550. The smallest absolute Gasteiger partial charge is 0.340 e. The minimum absolute atomic E-state index is 0.111. The first-order valence-electron chi connectivity index (χ1n) is 22.6. The predicted octanol–water partition coefficient (Wildman–Crippen LogP) is 9.64. The molecule has 1 saturated heterocycles. The van der Waals surface area contributed by atoms with Crippen LogP contribution in [0.5, 0.6) is 5.88 Å². The van der Waals surface area contributed by atoms with E-state index in [1.807, 2.05) is 13.8 Å². The lowest BCUT2D eigenvalue weighted by atomic mass is 9.70. The maximum absolute atomic E-state index is 15.3. The van der Waals surface area contributed by atoms with Gasteiger partial charge in [0.15, 0.2) is 11.9 Å². The van der Waals surface area contributed by atoms with E-state index >= 15 is 4.79 Å². The molecule has 3 aliphatic rings. The number of ketones is 1. The summed E-state index contributed by atoms with van der Waals surface area (Å²) in [6.45, 7) is 7.94. The van der Waals surface area contributed by atoms with Crippen LogP contribution in [0.25, 0.3) is 0 Å². The molecule has 1 aliphatic heterocycles. The Morgan fingerprint density at radius 2 is 1.52 bits per heavy atom. The molecule has 11 nitrogen and oxygen atoms in total. The van der Waals surface area contributed by atoms with Gasteiger partial charge in [-0.15, -0.1) is 11.6 Å². The third-order valence-corrected chi connectivity index (χ3v) is 13.9.